The Hall–Kier alpha value is -0.590. The normalized spacial score (nSPS) is 47.9. The molecule has 78 valence electrons. The largest absolute Gasteiger partial charge is 0.388 e. The van der Waals surface area contributed by atoms with E-state index < -0.39 is 11.0 Å². The highest BCUT2D eigenvalue weighted by atomic mass is 16.5. The van der Waals surface area contributed by atoms with Crippen molar-refractivity contribution in [2.24, 2.45) is 11.3 Å². The van der Waals surface area contributed by atoms with E-state index in [1.807, 2.05) is 6.92 Å². The zero-order valence-electron chi connectivity index (χ0n) is 8.62. The van der Waals surface area contributed by atoms with E-state index in [1.54, 1.807) is 0 Å². The summed E-state index contributed by atoms with van der Waals surface area (Å²) in [5.41, 5.74) is -1.44. The van der Waals surface area contributed by atoms with Crippen molar-refractivity contribution >= 4 is 0 Å². The summed E-state index contributed by atoms with van der Waals surface area (Å²) in [5.74, 6) is 0.226. The summed E-state index contributed by atoms with van der Waals surface area (Å²) in [6.07, 6.45) is 3.50. The lowest BCUT2D eigenvalue weighted by Gasteiger charge is -2.39. The van der Waals surface area contributed by atoms with Gasteiger partial charge in [-0.15, -0.1) is 0 Å². The van der Waals surface area contributed by atoms with E-state index in [0.717, 1.165) is 19.3 Å². The zero-order chi connectivity index (χ0) is 10.2. The first kappa shape index (κ1) is 9.95. The van der Waals surface area contributed by atoms with E-state index in [-0.39, 0.29) is 5.92 Å². The number of hydrogen-bond donors (Lipinski definition) is 1. The Morgan fingerprint density at radius 2 is 2.29 bits per heavy atom. The Labute approximate surface area is 84.7 Å². The molecule has 0 aromatic carbocycles. The van der Waals surface area contributed by atoms with Crippen molar-refractivity contribution in [2.45, 2.75) is 38.2 Å². The molecule has 0 bridgehead atoms. The predicted molar refractivity (Wildman–Crippen MR) is 51.4 cm³/mol. The molecule has 1 N–H and O–H groups in total. The summed E-state index contributed by atoms with van der Waals surface area (Å²) in [7, 11) is 0. The van der Waals surface area contributed by atoms with Gasteiger partial charge in [0, 0.05) is 6.61 Å². The molecule has 1 aliphatic carbocycles. The maximum atomic E-state index is 10.6. The van der Waals surface area contributed by atoms with Crippen LogP contribution in [0, 0.1) is 22.7 Å². The smallest absolute Gasteiger partial charge is 0.112 e. The highest BCUT2D eigenvalue weighted by Crippen LogP contribution is 2.51. The van der Waals surface area contributed by atoms with Gasteiger partial charge in [-0.25, -0.2) is 0 Å². The van der Waals surface area contributed by atoms with E-state index in [2.05, 4.69) is 6.07 Å². The van der Waals surface area contributed by atoms with Gasteiger partial charge in [0.25, 0.3) is 0 Å². The Balaban J connectivity index is 2.31. The molecule has 3 heteroatoms. The van der Waals surface area contributed by atoms with Gasteiger partial charge in [-0.2, -0.15) is 5.26 Å². The van der Waals surface area contributed by atoms with Gasteiger partial charge in [0.15, 0.2) is 0 Å². The van der Waals surface area contributed by atoms with Gasteiger partial charge in [0.05, 0.1) is 18.3 Å². The summed E-state index contributed by atoms with van der Waals surface area (Å²) in [4.78, 5) is 0. The lowest BCUT2D eigenvalue weighted by molar-refractivity contribution is -0.0821. The second-order valence-corrected chi connectivity index (χ2v) is 4.71. The van der Waals surface area contributed by atoms with E-state index in [4.69, 9.17) is 4.74 Å². The van der Waals surface area contributed by atoms with Crippen molar-refractivity contribution in [3.63, 3.8) is 0 Å². The Morgan fingerprint density at radius 1 is 1.50 bits per heavy atom. The van der Waals surface area contributed by atoms with Gasteiger partial charge in [0.1, 0.15) is 5.41 Å². The lowest BCUT2D eigenvalue weighted by atomic mass is 9.67. The van der Waals surface area contributed by atoms with Crippen LogP contribution < -0.4 is 0 Å². The molecule has 0 aromatic rings. The standard InChI is InChI=1S/C11H17NO2/c1-9-3-2-4-11(9,13)10(7-12)5-6-14-8-10/h9,13H,2-6,8H2,1H3. The highest BCUT2D eigenvalue weighted by molar-refractivity contribution is 5.16. The third-order valence-corrected chi connectivity index (χ3v) is 4.07. The molecular formula is C11H17NO2. The quantitative estimate of drug-likeness (QED) is 0.689. The topological polar surface area (TPSA) is 53.2 Å². The molecule has 0 radical (unpaired) electrons. The van der Waals surface area contributed by atoms with Gasteiger partial charge >= 0.3 is 0 Å². The molecule has 0 amide bonds. The predicted octanol–water partition coefficient (Wildman–Crippen LogP) is 1.47. The summed E-state index contributed by atoms with van der Waals surface area (Å²) < 4.78 is 5.29. The molecule has 2 fully saturated rings. The first-order chi connectivity index (χ1) is 6.65. The maximum Gasteiger partial charge on any atom is 0.112 e. The molecular weight excluding hydrogens is 178 g/mol. The van der Waals surface area contributed by atoms with E-state index >= 15 is 0 Å². The minimum atomic E-state index is -0.807. The summed E-state index contributed by atoms with van der Waals surface area (Å²) in [6.45, 7) is 3.07. The molecule has 3 unspecified atom stereocenters. The molecule has 14 heavy (non-hydrogen) atoms. The van der Waals surface area contributed by atoms with Gasteiger partial charge in [-0.1, -0.05) is 13.3 Å². The van der Waals surface area contributed by atoms with E-state index in [9.17, 15) is 10.4 Å². The van der Waals surface area contributed by atoms with Crippen molar-refractivity contribution < 1.29 is 9.84 Å². The van der Waals surface area contributed by atoms with Crippen molar-refractivity contribution in [1.29, 1.82) is 5.26 Å². The first-order valence-corrected chi connectivity index (χ1v) is 5.36. The Kier molecular flexibility index (Phi) is 2.29. The van der Waals surface area contributed by atoms with Crippen LogP contribution in [0.2, 0.25) is 0 Å². The van der Waals surface area contributed by atoms with Gasteiger partial charge in [-0.3, -0.25) is 0 Å². The van der Waals surface area contributed by atoms with Crippen molar-refractivity contribution in [3.05, 3.63) is 0 Å². The van der Waals surface area contributed by atoms with Crippen molar-refractivity contribution in [3.8, 4) is 6.07 Å². The number of nitrogens with zero attached hydrogens (tertiary/aromatic N) is 1. The van der Waals surface area contributed by atoms with Crippen LogP contribution in [-0.4, -0.2) is 23.9 Å². The second kappa shape index (κ2) is 3.22. The van der Waals surface area contributed by atoms with Crippen molar-refractivity contribution in [1.82, 2.24) is 0 Å². The van der Waals surface area contributed by atoms with Crippen LogP contribution in [0.5, 0.6) is 0 Å². The summed E-state index contributed by atoms with van der Waals surface area (Å²) in [5, 5.41) is 19.9. The molecule has 1 aliphatic heterocycles. The van der Waals surface area contributed by atoms with E-state index in [0.29, 0.717) is 19.6 Å². The van der Waals surface area contributed by atoms with Crippen LogP contribution in [0.15, 0.2) is 0 Å². The fourth-order valence-corrected chi connectivity index (χ4v) is 2.97. The lowest BCUT2D eigenvalue weighted by Crippen LogP contribution is -2.50. The molecule has 1 heterocycles. The minimum Gasteiger partial charge on any atom is -0.388 e. The summed E-state index contributed by atoms with van der Waals surface area (Å²) >= 11 is 0. The Morgan fingerprint density at radius 3 is 2.71 bits per heavy atom. The monoisotopic (exact) mass is 195 g/mol. The minimum absolute atomic E-state index is 0.226. The molecule has 1 saturated carbocycles. The van der Waals surface area contributed by atoms with Crippen LogP contribution in [0.25, 0.3) is 0 Å². The number of aliphatic hydroxyl groups is 1. The third kappa shape index (κ3) is 1.11. The van der Waals surface area contributed by atoms with Gasteiger partial charge < -0.3 is 9.84 Å². The average Bonchev–Trinajstić information content (AvgIpc) is 2.76. The highest BCUT2D eigenvalue weighted by Gasteiger charge is 2.57. The van der Waals surface area contributed by atoms with Crippen LogP contribution in [-0.2, 0) is 4.74 Å². The molecule has 2 rings (SSSR count). The SMILES string of the molecule is CC1CCCC1(O)C1(C#N)CCOC1. The number of nitriles is 1. The molecule has 2 aliphatic rings. The van der Waals surface area contributed by atoms with Crippen LogP contribution in [0.4, 0.5) is 0 Å². The molecule has 3 nitrogen and oxygen atoms in total. The number of rotatable bonds is 1. The molecule has 1 saturated heterocycles. The fraction of sp³-hybridized carbons (Fsp3) is 0.909. The molecule has 0 aromatic heterocycles. The fourth-order valence-electron chi connectivity index (χ4n) is 2.97. The van der Waals surface area contributed by atoms with E-state index in [1.165, 1.54) is 0 Å². The summed E-state index contributed by atoms with van der Waals surface area (Å²) in [6, 6.07) is 2.32. The molecule has 0 spiro atoms. The van der Waals surface area contributed by atoms with Crippen LogP contribution in [0.1, 0.15) is 32.6 Å². The maximum absolute atomic E-state index is 10.6. The second-order valence-electron chi connectivity index (χ2n) is 4.71. The average molecular weight is 195 g/mol. The van der Waals surface area contributed by atoms with Crippen molar-refractivity contribution in [2.75, 3.05) is 13.2 Å². The number of hydrogen-bond acceptors (Lipinski definition) is 3. The van der Waals surface area contributed by atoms with Crippen LogP contribution in [0.3, 0.4) is 0 Å². The van der Waals surface area contributed by atoms with Gasteiger partial charge in [0.2, 0.25) is 0 Å². The Bertz CT molecular complexity index is 265. The van der Waals surface area contributed by atoms with Gasteiger partial charge in [-0.05, 0) is 25.2 Å². The van der Waals surface area contributed by atoms with Crippen LogP contribution >= 0.6 is 0 Å². The third-order valence-electron chi connectivity index (χ3n) is 4.07. The molecule has 3 atom stereocenters. The zero-order valence-corrected chi connectivity index (χ0v) is 8.62. The number of ether oxygens (including phenoxy) is 1. The first-order valence-electron chi connectivity index (χ1n) is 5.36.